The van der Waals surface area contributed by atoms with Crippen molar-refractivity contribution in [2.24, 2.45) is 0 Å². The van der Waals surface area contributed by atoms with Crippen LogP contribution in [-0.2, 0) is 4.57 Å². The highest BCUT2D eigenvalue weighted by molar-refractivity contribution is 7.73. The molecule has 10 rings (SSSR count). The van der Waals surface area contributed by atoms with E-state index >= 15 is 4.57 Å². The molecule has 0 N–H and O–H groups in total. The maximum Gasteiger partial charge on any atom is 0.129 e. The Kier molecular flexibility index (Phi) is 4.99. The van der Waals surface area contributed by atoms with E-state index in [1.165, 1.54) is 11.1 Å². The van der Waals surface area contributed by atoms with E-state index in [-0.39, 0.29) is 29.1 Å². The lowest BCUT2D eigenvalue weighted by atomic mass is 9.82. The lowest BCUT2D eigenvalue weighted by molar-refractivity contribution is 0.565. The quantitative estimate of drug-likeness (QED) is 0.219. The molecule has 0 spiro atoms. The average molecular weight is 550 g/mol. The van der Waals surface area contributed by atoms with Gasteiger partial charge in [-0.1, -0.05) is 84.0 Å². The summed E-state index contributed by atoms with van der Waals surface area (Å²) in [5, 5.41) is 0.960. The number of pyridine rings is 3. The molecule has 4 aliphatic heterocycles. The lowest BCUT2D eigenvalue weighted by Crippen LogP contribution is -2.30. The third-order valence-electron chi connectivity index (χ3n) is 9.66. The third-order valence-corrected chi connectivity index (χ3v) is 13.4. The van der Waals surface area contributed by atoms with Gasteiger partial charge in [-0.2, -0.15) is 0 Å². The normalized spacial score (nSPS) is 29.8. The number of aromatic nitrogens is 3. The average Bonchev–Trinajstić information content (AvgIpc) is 3.01. The molecule has 1 aromatic carbocycles. The van der Waals surface area contributed by atoms with Gasteiger partial charge in [0.1, 0.15) is 7.14 Å². The molecule has 6 aliphatic rings. The van der Waals surface area contributed by atoms with Crippen LogP contribution in [0.1, 0.15) is 70.3 Å². The number of nitrogens with zero attached hydrogens (tertiary/aromatic N) is 3. The van der Waals surface area contributed by atoms with Crippen molar-refractivity contribution >= 4 is 12.4 Å². The van der Waals surface area contributed by atoms with E-state index < -0.39 is 7.14 Å². The summed E-state index contributed by atoms with van der Waals surface area (Å²) in [5.41, 5.74) is 9.18. The van der Waals surface area contributed by atoms with Gasteiger partial charge in [-0.15, -0.1) is 0 Å². The minimum atomic E-state index is -2.98. The molecule has 198 valence electrons. The van der Waals surface area contributed by atoms with Crippen molar-refractivity contribution < 1.29 is 4.57 Å². The van der Waals surface area contributed by atoms with E-state index in [2.05, 4.69) is 115 Å². The van der Waals surface area contributed by atoms with Gasteiger partial charge in [-0.05, 0) is 60.9 Å². The molecule has 0 amide bonds. The summed E-state index contributed by atoms with van der Waals surface area (Å²) in [6.07, 6.45) is 14.5. The lowest BCUT2D eigenvalue weighted by Gasteiger charge is -2.39. The van der Waals surface area contributed by atoms with Gasteiger partial charge in [0, 0.05) is 16.6 Å². The van der Waals surface area contributed by atoms with Crippen LogP contribution in [0.5, 0.6) is 0 Å². The molecule has 41 heavy (non-hydrogen) atoms. The Labute approximate surface area is 239 Å². The molecule has 4 unspecified atom stereocenters. The first-order valence-electron chi connectivity index (χ1n) is 14.5. The van der Waals surface area contributed by atoms with Gasteiger partial charge in [-0.25, -0.2) is 0 Å². The first kappa shape index (κ1) is 23.6. The molecule has 0 saturated carbocycles. The van der Waals surface area contributed by atoms with Gasteiger partial charge < -0.3 is 4.57 Å². The highest BCUT2D eigenvalue weighted by Gasteiger charge is 2.45. The molecule has 0 fully saturated rings. The number of hydrogen-bond acceptors (Lipinski definition) is 4. The van der Waals surface area contributed by atoms with Gasteiger partial charge in [0.25, 0.3) is 0 Å². The molecule has 4 aromatic rings. The van der Waals surface area contributed by atoms with Gasteiger partial charge in [-0.3, -0.25) is 15.0 Å². The van der Waals surface area contributed by atoms with Crippen molar-refractivity contribution in [3.63, 3.8) is 0 Å². The van der Waals surface area contributed by atoms with Crippen LogP contribution in [0, 0.1) is 0 Å². The second-order valence-corrected chi connectivity index (χ2v) is 15.1. The number of benzene rings is 1. The van der Waals surface area contributed by atoms with Crippen LogP contribution in [0.4, 0.5) is 0 Å². The van der Waals surface area contributed by atoms with Crippen LogP contribution in [-0.4, -0.2) is 26.3 Å². The maximum absolute atomic E-state index is 16.0. The minimum absolute atomic E-state index is 0.102. The van der Waals surface area contributed by atoms with Crippen LogP contribution in [0.3, 0.4) is 0 Å². The van der Waals surface area contributed by atoms with Crippen molar-refractivity contribution in [1.29, 1.82) is 0 Å². The topological polar surface area (TPSA) is 55.7 Å². The fourth-order valence-electron chi connectivity index (χ4n) is 7.80. The molecule has 4 nitrogen and oxygen atoms in total. The first-order valence-corrected chi connectivity index (χ1v) is 16.4. The Hall–Kier alpha value is -4.14. The third kappa shape index (κ3) is 3.41. The van der Waals surface area contributed by atoms with Crippen molar-refractivity contribution in [2.75, 3.05) is 0 Å². The van der Waals surface area contributed by atoms with E-state index in [9.17, 15) is 0 Å². The molecule has 5 heteroatoms. The Balaban J connectivity index is 1.51. The zero-order chi connectivity index (χ0) is 27.1. The van der Waals surface area contributed by atoms with E-state index in [0.717, 1.165) is 57.9 Å². The largest absolute Gasteiger partial charge is 0.317 e. The smallest absolute Gasteiger partial charge is 0.129 e. The van der Waals surface area contributed by atoms with Crippen LogP contribution in [0.15, 0.2) is 126 Å². The molecule has 0 saturated heterocycles. The summed E-state index contributed by atoms with van der Waals surface area (Å²) in [6, 6.07) is 27.7. The van der Waals surface area contributed by atoms with E-state index in [1.54, 1.807) is 0 Å². The molecular weight excluding hydrogens is 521 g/mol. The molecular formula is C36H28N3OP. The predicted octanol–water partition coefficient (Wildman–Crippen LogP) is 7.15. The Bertz CT molecular complexity index is 1830. The summed E-state index contributed by atoms with van der Waals surface area (Å²) in [4.78, 5) is 16.2. The van der Waals surface area contributed by atoms with Gasteiger partial charge in [0.2, 0.25) is 0 Å². The van der Waals surface area contributed by atoms with E-state index in [0.29, 0.717) is 0 Å². The highest BCUT2D eigenvalue weighted by atomic mass is 31.2. The molecule has 7 heterocycles. The maximum atomic E-state index is 16.0. The van der Waals surface area contributed by atoms with Gasteiger partial charge in [0.05, 0.1) is 51.9 Å². The summed E-state index contributed by atoms with van der Waals surface area (Å²) in [6.45, 7) is 0. The van der Waals surface area contributed by atoms with Crippen LogP contribution < -0.4 is 5.30 Å². The van der Waals surface area contributed by atoms with E-state index in [1.807, 2.05) is 0 Å². The fraction of sp³-hybridized carbons (Fsp3) is 0.194. The first-order chi connectivity index (χ1) is 20.2. The van der Waals surface area contributed by atoms with Crippen molar-refractivity contribution in [3.05, 3.63) is 166 Å². The van der Waals surface area contributed by atoms with Crippen LogP contribution in [0.25, 0.3) is 0 Å². The fourth-order valence-corrected chi connectivity index (χ4v) is 11.4. The van der Waals surface area contributed by atoms with Gasteiger partial charge in [0.15, 0.2) is 0 Å². The van der Waals surface area contributed by atoms with Gasteiger partial charge >= 0.3 is 0 Å². The molecule has 16 bridgehead atoms. The van der Waals surface area contributed by atoms with Crippen molar-refractivity contribution in [2.45, 2.75) is 41.9 Å². The minimum Gasteiger partial charge on any atom is -0.317 e. The number of rotatable bonds is 0. The second kappa shape index (κ2) is 8.68. The molecule has 0 radical (unpaired) electrons. The molecule has 2 aliphatic carbocycles. The monoisotopic (exact) mass is 549 g/mol. The van der Waals surface area contributed by atoms with Crippen molar-refractivity contribution in [1.82, 2.24) is 15.0 Å². The second-order valence-electron chi connectivity index (χ2n) is 11.9. The Morgan fingerprint density at radius 3 is 1.49 bits per heavy atom. The Morgan fingerprint density at radius 2 is 1.00 bits per heavy atom. The summed E-state index contributed by atoms with van der Waals surface area (Å²) >= 11 is 0. The summed E-state index contributed by atoms with van der Waals surface area (Å²) in [7, 11) is -2.98. The Morgan fingerprint density at radius 1 is 0.561 bits per heavy atom. The SMILES string of the molecule is O=P12c3cccc(c3)C3c4cccc(n4)C(C4=CC=CC1C4)c1cccc(n1)C(C1=CC=CC2C1)c1cccc3n1. The number of hydrogen-bond donors (Lipinski definition) is 0. The summed E-state index contributed by atoms with van der Waals surface area (Å²) < 4.78 is 16.0. The standard InChI is InChI=1S/C36H28N3OP/c40-41-25-10-1-7-22(19-25)34-28-13-4-15-30(37-28)35(23-8-2-11-26(41)20-23)32-17-6-18-33(39-32)36(24-9-3-12-27(41)21-24)31-16-5-14-29(34)38-31/h1-19,26-27,34-36H,20-21H2. The van der Waals surface area contributed by atoms with Crippen LogP contribution >= 0.6 is 7.14 Å². The molecule has 3 aromatic heterocycles. The highest BCUT2D eigenvalue weighted by Crippen LogP contribution is 2.62. The zero-order valence-corrected chi connectivity index (χ0v) is 23.4. The number of allylic oxidation sites excluding steroid dienone is 8. The summed E-state index contributed by atoms with van der Waals surface area (Å²) in [5.74, 6) is -0.420. The zero-order valence-electron chi connectivity index (χ0n) is 22.5. The van der Waals surface area contributed by atoms with E-state index in [4.69, 9.17) is 15.0 Å². The predicted molar refractivity (Wildman–Crippen MR) is 162 cm³/mol. The van der Waals surface area contributed by atoms with Crippen molar-refractivity contribution in [3.8, 4) is 0 Å². The molecule has 4 atom stereocenters. The van der Waals surface area contributed by atoms with Crippen LogP contribution in [0.2, 0.25) is 0 Å².